The molecule has 164 valence electrons. The third-order valence-electron chi connectivity index (χ3n) is 4.64. The Kier molecular flexibility index (Phi) is 9.90. The van der Waals surface area contributed by atoms with E-state index in [2.05, 4.69) is 35.3 Å². The molecule has 1 aliphatic heterocycles. The molecule has 0 saturated carbocycles. The number of nitrogens with zero attached hydrogens (tertiary/aromatic N) is 2. The van der Waals surface area contributed by atoms with Gasteiger partial charge in [0.25, 0.3) is 5.91 Å². The van der Waals surface area contributed by atoms with Crippen LogP contribution >= 0.6 is 0 Å². The lowest BCUT2D eigenvalue weighted by Crippen LogP contribution is -2.45. The van der Waals surface area contributed by atoms with Crippen molar-refractivity contribution in [3.8, 4) is 0 Å². The van der Waals surface area contributed by atoms with Crippen LogP contribution in [0.25, 0.3) is 0 Å². The molecule has 0 spiro atoms. The van der Waals surface area contributed by atoms with Gasteiger partial charge in [-0.05, 0) is 37.6 Å². The molecule has 1 aromatic carbocycles. The van der Waals surface area contributed by atoms with E-state index >= 15 is 0 Å². The fourth-order valence-electron chi connectivity index (χ4n) is 3.02. The largest absolute Gasteiger partial charge is 0.490 e. The van der Waals surface area contributed by atoms with Crippen molar-refractivity contribution in [2.45, 2.75) is 38.8 Å². The van der Waals surface area contributed by atoms with Gasteiger partial charge in [-0.2, -0.15) is 13.2 Å². The molecule has 0 unspecified atom stereocenters. The molecule has 0 aromatic heterocycles. The number of hydrogen-bond donors (Lipinski definition) is 3. The minimum Gasteiger partial charge on any atom is -0.475 e. The first-order valence-electron chi connectivity index (χ1n) is 9.48. The quantitative estimate of drug-likeness (QED) is 0.284. The number of benzene rings is 1. The average Bonchev–Trinajstić information content (AvgIpc) is 2.68. The minimum atomic E-state index is -5.08. The molecule has 2 rings (SSSR count). The van der Waals surface area contributed by atoms with E-state index < -0.39 is 12.1 Å². The van der Waals surface area contributed by atoms with Crippen LogP contribution in [0.15, 0.2) is 18.2 Å². The number of hydrogen-bond acceptors (Lipinski definition) is 5. The van der Waals surface area contributed by atoms with Crippen LogP contribution in [0.3, 0.4) is 0 Å². The molecule has 10 heteroatoms. The Hall–Kier alpha value is -2.33. The first-order valence-corrected chi connectivity index (χ1v) is 9.48. The van der Waals surface area contributed by atoms with E-state index in [0.29, 0.717) is 0 Å². The zero-order chi connectivity index (χ0) is 22.0. The van der Waals surface area contributed by atoms with E-state index in [4.69, 9.17) is 15.7 Å². The van der Waals surface area contributed by atoms with Gasteiger partial charge < -0.3 is 14.9 Å². The molecule has 29 heavy (non-hydrogen) atoms. The summed E-state index contributed by atoms with van der Waals surface area (Å²) in [5.41, 5.74) is 5.34. The molecule has 7 nitrogen and oxygen atoms in total. The van der Waals surface area contributed by atoms with E-state index in [1.165, 1.54) is 18.5 Å². The number of nitrogens with one attached hydrogen (secondary N) is 1. The number of carbonyl (C=O) groups is 2. The van der Waals surface area contributed by atoms with Gasteiger partial charge >= 0.3 is 12.1 Å². The van der Waals surface area contributed by atoms with Crippen molar-refractivity contribution < 1.29 is 27.9 Å². The maximum absolute atomic E-state index is 12.1. The second kappa shape index (κ2) is 11.6. The predicted octanol–water partition coefficient (Wildman–Crippen LogP) is 2.41. The van der Waals surface area contributed by atoms with Gasteiger partial charge in [-0.1, -0.05) is 25.8 Å². The smallest absolute Gasteiger partial charge is 0.475 e. The Bertz CT molecular complexity index is 675. The Morgan fingerprint density at radius 2 is 1.76 bits per heavy atom. The first-order chi connectivity index (χ1) is 13.6. The van der Waals surface area contributed by atoms with Gasteiger partial charge in [0.15, 0.2) is 0 Å². The molecule has 1 amide bonds. The number of carbonyl (C=O) groups excluding carboxylic acids is 1. The number of halogens is 3. The molecular formula is C19H29F3N4O3. The van der Waals surface area contributed by atoms with Crippen LogP contribution < -0.4 is 16.2 Å². The Balaban J connectivity index is 0.000000516. The molecule has 0 radical (unpaired) electrons. The molecule has 4 N–H and O–H groups in total. The monoisotopic (exact) mass is 418 g/mol. The summed E-state index contributed by atoms with van der Waals surface area (Å²) in [6, 6.07) is 5.98. The molecule has 1 fully saturated rings. The van der Waals surface area contributed by atoms with Gasteiger partial charge in [-0.25, -0.2) is 10.6 Å². The van der Waals surface area contributed by atoms with Crippen LogP contribution in [0.5, 0.6) is 0 Å². The third-order valence-corrected chi connectivity index (χ3v) is 4.64. The van der Waals surface area contributed by atoms with E-state index in [-0.39, 0.29) is 5.91 Å². The normalized spacial score (nSPS) is 14.8. The summed E-state index contributed by atoms with van der Waals surface area (Å²) < 4.78 is 31.7. The number of aliphatic carboxylic acids is 1. The van der Waals surface area contributed by atoms with Crippen LogP contribution in [0.4, 0.5) is 18.9 Å². The fourth-order valence-corrected chi connectivity index (χ4v) is 3.02. The average molecular weight is 418 g/mol. The number of likely N-dealkylation sites (N-methyl/N-ethyl adjacent to an activating group) is 1. The second-order valence-corrected chi connectivity index (χ2v) is 6.83. The lowest BCUT2D eigenvalue weighted by molar-refractivity contribution is -0.192. The van der Waals surface area contributed by atoms with Gasteiger partial charge in [0.05, 0.1) is 0 Å². The molecule has 1 aromatic rings. The summed E-state index contributed by atoms with van der Waals surface area (Å²) in [7, 11) is 2.15. The van der Waals surface area contributed by atoms with Crippen molar-refractivity contribution in [3.63, 3.8) is 0 Å². The van der Waals surface area contributed by atoms with Gasteiger partial charge in [0, 0.05) is 37.4 Å². The van der Waals surface area contributed by atoms with Crippen LogP contribution in [-0.4, -0.2) is 61.3 Å². The van der Waals surface area contributed by atoms with Crippen LogP contribution in [0, 0.1) is 0 Å². The number of unbranched alkanes of at least 4 members (excludes halogenated alkanes) is 2. The lowest BCUT2D eigenvalue weighted by Gasteiger charge is -2.35. The van der Waals surface area contributed by atoms with E-state index in [0.717, 1.165) is 50.1 Å². The van der Waals surface area contributed by atoms with Crippen LogP contribution in [0.1, 0.15) is 42.1 Å². The van der Waals surface area contributed by atoms with Crippen molar-refractivity contribution in [1.29, 1.82) is 0 Å². The Morgan fingerprint density at radius 1 is 1.17 bits per heavy atom. The number of nitrogen functional groups attached to an aromatic ring is 1. The Labute approximate surface area is 168 Å². The van der Waals surface area contributed by atoms with Crippen molar-refractivity contribution in [3.05, 3.63) is 29.3 Å². The summed E-state index contributed by atoms with van der Waals surface area (Å²) >= 11 is 0. The highest BCUT2D eigenvalue weighted by atomic mass is 19.4. The summed E-state index contributed by atoms with van der Waals surface area (Å²) in [6.45, 7) is 6.32. The first kappa shape index (κ1) is 24.7. The minimum absolute atomic E-state index is 0.192. The highest BCUT2D eigenvalue weighted by Gasteiger charge is 2.38. The summed E-state index contributed by atoms with van der Waals surface area (Å²) in [5, 5.41) is 7.12. The molecule has 1 aliphatic rings. The SMILES string of the molecule is CCCCCc1c(C(=O)NN)cccc1N1CCN(C)CC1.O=C(O)C(F)(F)F. The predicted molar refractivity (Wildman–Crippen MR) is 105 cm³/mol. The molecular weight excluding hydrogens is 389 g/mol. The zero-order valence-corrected chi connectivity index (χ0v) is 16.8. The molecule has 0 bridgehead atoms. The number of carboxylic acids is 1. The lowest BCUT2D eigenvalue weighted by atomic mass is 9.97. The molecule has 1 heterocycles. The highest BCUT2D eigenvalue weighted by Crippen LogP contribution is 2.27. The van der Waals surface area contributed by atoms with Crippen molar-refractivity contribution >= 4 is 17.6 Å². The second-order valence-electron chi connectivity index (χ2n) is 6.83. The maximum atomic E-state index is 12.1. The molecule has 0 aliphatic carbocycles. The number of rotatable bonds is 6. The number of nitrogens with two attached hydrogens (primary N) is 1. The van der Waals surface area contributed by atoms with Crippen LogP contribution in [0.2, 0.25) is 0 Å². The van der Waals surface area contributed by atoms with Gasteiger partial charge in [0.1, 0.15) is 0 Å². The van der Waals surface area contributed by atoms with Crippen molar-refractivity contribution in [1.82, 2.24) is 10.3 Å². The molecule has 1 saturated heterocycles. The number of alkyl halides is 3. The maximum Gasteiger partial charge on any atom is 0.490 e. The van der Waals surface area contributed by atoms with Gasteiger partial charge in [-0.15, -0.1) is 0 Å². The number of anilines is 1. The number of piperazine rings is 1. The van der Waals surface area contributed by atoms with Crippen molar-refractivity contribution in [2.24, 2.45) is 5.84 Å². The van der Waals surface area contributed by atoms with Crippen molar-refractivity contribution in [2.75, 3.05) is 38.1 Å². The summed E-state index contributed by atoms with van der Waals surface area (Å²) in [6.07, 6.45) is -0.693. The van der Waals surface area contributed by atoms with Crippen LogP contribution in [-0.2, 0) is 11.2 Å². The number of hydrazine groups is 1. The Morgan fingerprint density at radius 3 is 2.24 bits per heavy atom. The highest BCUT2D eigenvalue weighted by molar-refractivity contribution is 5.96. The zero-order valence-electron chi connectivity index (χ0n) is 16.8. The third kappa shape index (κ3) is 7.90. The molecule has 0 atom stereocenters. The summed E-state index contributed by atoms with van der Waals surface area (Å²) in [4.78, 5) is 25.7. The topological polar surface area (TPSA) is 98.9 Å². The van der Waals surface area contributed by atoms with E-state index in [1.807, 2.05) is 12.1 Å². The van der Waals surface area contributed by atoms with Gasteiger partial charge in [0.2, 0.25) is 0 Å². The van der Waals surface area contributed by atoms with E-state index in [1.54, 1.807) is 0 Å². The number of carboxylic acid groups (broad SMARTS) is 1. The summed E-state index contributed by atoms with van der Waals surface area (Å²) in [5.74, 6) is 2.41. The fraction of sp³-hybridized carbons (Fsp3) is 0.579. The standard InChI is InChI=1S/C17H28N4O.C2HF3O2/c1-3-4-5-7-14-15(17(22)19-18)8-6-9-16(14)21-12-10-20(2)11-13-21;3-2(4,5)1(6)7/h6,8-9H,3-5,7,10-13,18H2,1-2H3,(H,19,22);(H,6,7). The number of amides is 1. The van der Waals surface area contributed by atoms with E-state index in [9.17, 15) is 18.0 Å². The van der Waals surface area contributed by atoms with Gasteiger partial charge in [-0.3, -0.25) is 10.2 Å².